The van der Waals surface area contributed by atoms with Crippen molar-refractivity contribution >= 4 is 17.4 Å². The van der Waals surface area contributed by atoms with Crippen molar-refractivity contribution < 1.29 is 22.4 Å². The van der Waals surface area contributed by atoms with E-state index in [1.165, 1.54) is 12.3 Å². The first kappa shape index (κ1) is 18.1. The van der Waals surface area contributed by atoms with Gasteiger partial charge in [0.2, 0.25) is 0 Å². The molecule has 1 aliphatic rings. The second-order valence-electron chi connectivity index (χ2n) is 6.63. The smallest absolute Gasteiger partial charge is 0.410 e. The maximum Gasteiger partial charge on any atom is 0.410 e. The second kappa shape index (κ2) is 6.74. The molecule has 0 radical (unpaired) electrons. The average Bonchev–Trinajstić information content (AvgIpc) is 3.31. The molecule has 1 aromatic carbocycles. The first-order valence-corrected chi connectivity index (χ1v) is 8.66. The van der Waals surface area contributed by atoms with Gasteiger partial charge in [-0.25, -0.2) is 4.68 Å². The Morgan fingerprint density at radius 2 is 2.07 bits per heavy atom. The molecule has 2 N–H and O–H groups in total. The molecule has 9 heteroatoms. The van der Waals surface area contributed by atoms with Crippen molar-refractivity contribution in [2.24, 2.45) is 0 Å². The molecule has 2 aromatic heterocycles. The summed E-state index contributed by atoms with van der Waals surface area (Å²) in [5, 5.41) is 9.60. The van der Waals surface area contributed by atoms with Gasteiger partial charge in [0.05, 0.1) is 12.3 Å². The summed E-state index contributed by atoms with van der Waals surface area (Å²) in [6, 6.07) is 9.15. The summed E-state index contributed by atoms with van der Waals surface area (Å²) in [5.41, 5.74) is 1.32. The number of para-hydroxylation sites is 1. The molecule has 6 nitrogen and oxygen atoms in total. The highest BCUT2D eigenvalue weighted by Gasteiger charge is 2.47. The number of hydrogen-bond acceptors (Lipinski definition) is 4. The van der Waals surface area contributed by atoms with E-state index in [1.54, 1.807) is 24.3 Å². The first-order valence-electron chi connectivity index (χ1n) is 8.66. The highest BCUT2D eigenvalue weighted by Crippen LogP contribution is 2.43. The van der Waals surface area contributed by atoms with Crippen molar-refractivity contribution in [2.45, 2.75) is 31.6 Å². The minimum Gasteiger partial charge on any atom is -0.467 e. The lowest BCUT2D eigenvalue weighted by Crippen LogP contribution is -2.35. The summed E-state index contributed by atoms with van der Waals surface area (Å²) < 4.78 is 47.0. The molecule has 0 unspecified atom stereocenters. The number of fused-ring (bicyclic) bond motifs is 1. The van der Waals surface area contributed by atoms with Crippen LogP contribution < -0.4 is 10.6 Å². The summed E-state index contributed by atoms with van der Waals surface area (Å²) in [4.78, 5) is 12.5. The minimum atomic E-state index is -4.52. The third-order valence-corrected chi connectivity index (χ3v) is 4.70. The van der Waals surface area contributed by atoms with Gasteiger partial charge in [0, 0.05) is 18.2 Å². The summed E-state index contributed by atoms with van der Waals surface area (Å²) >= 11 is 0. The molecule has 28 heavy (non-hydrogen) atoms. The monoisotopic (exact) mass is 390 g/mol. The number of aromatic nitrogens is 2. The quantitative estimate of drug-likeness (QED) is 0.680. The number of amides is 1. The number of furan rings is 1. The van der Waals surface area contributed by atoms with Gasteiger partial charge in [0.1, 0.15) is 11.6 Å². The molecule has 4 rings (SSSR count). The lowest BCUT2D eigenvalue weighted by atomic mass is 10.0. The summed E-state index contributed by atoms with van der Waals surface area (Å²) in [6.07, 6.45) is -3.39. The third-order valence-electron chi connectivity index (χ3n) is 4.70. The zero-order chi connectivity index (χ0) is 19.9. The van der Waals surface area contributed by atoms with Crippen molar-refractivity contribution in [3.8, 4) is 0 Å². The number of anilines is 2. The van der Waals surface area contributed by atoms with Gasteiger partial charge < -0.3 is 15.1 Å². The standard InChI is InChI=1S/C19H17F3N4O2/c1-11-5-2-3-6-12(11)24-18(27)14-10-17-23-13(15-7-4-8-28-15)9-16(19(20,21)22)26(17)25-14/h2-8,10,13,16,23H,9H2,1H3,(H,24,27)/t13-,16-/m1/s1. The fourth-order valence-corrected chi connectivity index (χ4v) is 3.26. The summed E-state index contributed by atoms with van der Waals surface area (Å²) in [7, 11) is 0. The number of benzene rings is 1. The number of carbonyl (C=O) groups excluding carboxylic acids is 1. The van der Waals surface area contributed by atoms with Crippen molar-refractivity contribution in [3.05, 3.63) is 65.7 Å². The van der Waals surface area contributed by atoms with Crippen LogP contribution in [0.15, 0.2) is 53.1 Å². The Hall–Kier alpha value is -3.23. The molecule has 3 heterocycles. The van der Waals surface area contributed by atoms with E-state index < -0.39 is 24.2 Å². The van der Waals surface area contributed by atoms with E-state index in [0.717, 1.165) is 10.2 Å². The van der Waals surface area contributed by atoms with Gasteiger partial charge >= 0.3 is 6.18 Å². The molecule has 0 aliphatic carbocycles. The zero-order valence-electron chi connectivity index (χ0n) is 14.8. The third kappa shape index (κ3) is 3.35. The number of hydrogen-bond donors (Lipinski definition) is 2. The molecule has 0 saturated heterocycles. The first-order chi connectivity index (χ1) is 13.3. The fraction of sp³-hybridized carbons (Fsp3) is 0.263. The molecule has 2 atom stereocenters. The highest BCUT2D eigenvalue weighted by molar-refractivity contribution is 6.03. The van der Waals surface area contributed by atoms with E-state index >= 15 is 0 Å². The van der Waals surface area contributed by atoms with Crippen molar-refractivity contribution in [1.82, 2.24) is 9.78 Å². The van der Waals surface area contributed by atoms with Crippen LogP contribution >= 0.6 is 0 Å². The van der Waals surface area contributed by atoms with Crippen molar-refractivity contribution in [3.63, 3.8) is 0 Å². The zero-order valence-corrected chi connectivity index (χ0v) is 14.8. The normalized spacial score (nSPS) is 19.0. The van der Waals surface area contributed by atoms with E-state index in [-0.39, 0.29) is 17.9 Å². The second-order valence-corrected chi connectivity index (χ2v) is 6.63. The highest BCUT2D eigenvalue weighted by atomic mass is 19.4. The predicted octanol–water partition coefficient (Wildman–Crippen LogP) is 4.70. The Balaban J connectivity index is 1.65. The van der Waals surface area contributed by atoms with Gasteiger partial charge in [-0.2, -0.15) is 18.3 Å². The van der Waals surface area contributed by atoms with Crippen LogP contribution in [0.2, 0.25) is 0 Å². The molecule has 1 aliphatic heterocycles. The number of nitrogens with one attached hydrogen (secondary N) is 2. The fourth-order valence-electron chi connectivity index (χ4n) is 3.26. The Morgan fingerprint density at radius 1 is 1.29 bits per heavy atom. The Kier molecular flexibility index (Phi) is 4.37. The SMILES string of the molecule is Cc1ccccc1NC(=O)c1cc2n(n1)[C@@H](C(F)(F)F)C[C@H](c1ccco1)N2. The Morgan fingerprint density at radius 3 is 2.75 bits per heavy atom. The topological polar surface area (TPSA) is 72.1 Å². The van der Waals surface area contributed by atoms with E-state index in [2.05, 4.69) is 15.7 Å². The van der Waals surface area contributed by atoms with Crippen molar-refractivity contribution in [2.75, 3.05) is 10.6 Å². The van der Waals surface area contributed by atoms with E-state index in [1.807, 2.05) is 19.1 Å². The largest absolute Gasteiger partial charge is 0.467 e. The van der Waals surface area contributed by atoms with Gasteiger partial charge in [-0.05, 0) is 30.7 Å². The molecular formula is C19H17F3N4O2. The number of alkyl halides is 3. The van der Waals surface area contributed by atoms with Gasteiger partial charge in [0.25, 0.3) is 5.91 Å². The van der Waals surface area contributed by atoms with E-state index in [9.17, 15) is 18.0 Å². The van der Waals surface area contributed by atoms with Crippen LogP contribution in [0, 0.1) is 6.92 Å². The van der Waals surface area contributed by atoms with Crippen LogP contribution in [-0.4, -0.2) is 21.9 Å². The van der Waals surface area contributed by atoms with Crippen LogP contribution in [0.4, 0.5) is 24.7 Å². The predicted molar refractivity (Wildman–Crippen MR) is 96.1 cm³/mol. The number of carbonyl (C=O) groups is 1. The maximum absolute atomic E-state index is 13.6. The number of nitrogens with zero attached hydrogens (tertiary/aromatic N) is 2. The van der Waals surface area contributed by atoms with Gasteiger partial charge in [-0.1, -0.05) is 18.2 Å². The molecule has 1 amide bonds. The molecule has 0 fully saturated rings. The molecule has 0 saturated carbocycles. The van der Waals surface area contributed by atoms with Gasteiger partial charge in [0.15, 0.2) is 11.7 Å². The van der Waals surface area contributed by atoms with Gasteiger partial charge in [-0.15, -0.1) is 0 Å². The minimum absolute atomic E-state index is 0.0971. The maximum atomic E-state index is 13.6. The average molecular weight is 390 g/mol. The number of aryl methyl sites for hydroxylation is 1. The van der Waals surface area contributed by atoms with Crippen LogP contribution in [0.5, 0.6) is 0 Å². The van der Waals surface area contributed by atoms with Crippen LogP contribution in [0.1, 0.15) is 40.3 Å². The summed E-state index contributed by atoms with van der Waals surface area (Å²) in [5.74, 6) is -0.0639. The Labute approximate surface area is 158 Å². The van der Waals surface area contributed by atoms with E-state index in [0.29, 0.717) is 11.4 Å². The Bertz CT molecular complexity index is 995. The van der Waals surface area contributed by atoms with Crippen LogP contribution in [0.25, 0.3) is 0 Å². The number of rotatable bonds is 3. The molecular weight excluding hydrogens is 373 g/mol. The molecule has 3 aromatic rings. The molecule has 0 spiro atoms. The lowest BCUT2D eigenvalue weighted by molar-refractivity contribution is -0.174. The molecule has 0 bridgehead atoms. The molecule has 146 valence electrons. The van der Waals surface area contributed by atoms with Gasteiger partial charge in [-0.3, -0.25) is 4.79 Å². The lowest BCUT2D eigenvalue weighted by Gasteiger charge is -2.32. The van der Waals surface area contributed by atoms with Crippen LogP contribution in [-0.2, 0) is 0 Å². The number of halogens is 3. The summed E-state index contributed by atoms with van der Waals surface area (Å²) in [6.45, 7) is 1.82. The van der Waals surface area contributed by atoms with Crippen molar-refractivity contribution in [1.29, 1.82) is 0 Å². The van der Waals surface area contributed by atoms with Crippen LogP contribution in [0.3, 0.4) is 0 Å². The van der Waals surface area contributed by atoms with E-state index in [4.69, 9.17) is 4.42 Å².